The normalized spacial score (nSPS) is 13.0. The van der Waals surface area contributed by atoms with Crippen molar-refractivity contribution in [2.75, 3.05) is 13.1 Å². The third-order valence-corrected chi connectivity index (χ3v) is 2.69. The van der Waals surface area contributed by atoms with Gasteiger partial charge in [0.1, 0.15) is 11.4 Å². The molecule has 0 spiro atoms. The van der Waals surface area contributed by atoms with E-state index in [-0.39, 0.29) is 6.09 Å². The summed E-state index contributed by atoms with van der Waals surface area (Å²) in [5, 5.41) is 6.07. The first-order valence-electron chi connectivity index (χ1n) is 7.09. The number of alkyl carbamates (subject to hydrolysis) is 1. The summed E-state index contributed by atoms with van der Waals surface area (Å²) < 4.78 is 10.4. The molecular formula is C15H26N2O3. The Hall–Kier alpha value is -1.49. The van der Waals surface area contributed by atoms with E-state index in [4.69, 9.17) is 9.15 Å². The Morgan fingerprint density at radius 2 is 2.15 bits per heavy atom. The van der Waals surface area contributed by atoms with E-state index in [0.717, 1.165) is 25.1 Å². The molecule has 0 radical (unpaired) electrons. The molecule has 1 heterocycles. The van der Waals surface area contributed by atoms with Gasteiger partial charge < -0.3 is 19.8 Å². The van der Waals surface area contributed by atoms with Crippen LogP contribution >= 0.6 is 0 Å². The van der Waals surface area contributed by atoms with Crippen LogP contribution in [0, 0.1) is 0 Å². The van der Waals surface area contributed by atoms with E-state index in [1.807, 2.05) is 32.9 Å². The molecule has 0 saturated carbocycles. The molecule has 1 atom stereocenters. The summed E-state index contributed by atoms with van der Waals surface area (Å²) in [6.07, 6.45) is 3.24. The molecule has 114 valence electrons. The quantitative estimate of drug-likeness (QED) is 0.755. The van der Waals surface area contributed by atoms with E-state index in [2.05, 4.69) is 17.6 Å². The van der Waals surface area contributed by atoms with Crippen molar-refractivity contribution < 1.29 is 13.9 Å². The second-order valence-electron chi connectivity index (χ2n) is 5.90. The molecule has 1 amide bonds. The lowest BCUT2D eigenvalue weighted by atomic mass is 10.1. The van der Waals surface area contributed by atoms with Crippen LogP contribution < -0.4 is 10.6 Å². The van der Waals surface area contributed by atoms with Crippen molar-refractivity contribution in [1.82, 2.24) is 10.6 Å². The number of ether oxygens (including phenoxy) is 1. The molecule has 0 bridgehead atoms. The zero-order chi connectivity index (χ0) is 15.0. The van der Waals surface area contributed by atoms with Crippen molar-refractivity contribution in [2.24, 2.45) is 0 Å². The summed E-state index contributed by atoms with van der Waals surface area (Å²) >= 11 is 0. The Balaban J connectivity index is 2.04. The molecule has 0 fully saturated rings. The van der Waals surface area contributed by atoms with Crippen LogP contribution in [0.1, 0.15) is 39.9 Å². The third-order valence-electron chi connectivity index (χ3n) is 2.69. The van der Waals surface area contributed by atoms with Crippen molar-refractivity contribution in [3.63, 3.8) is 0 Å². The molecule has 2 N–H and O–H groups in total. The number of hydrogen-bond donors (Lipinski definition) is 2. The van der Waals surface area contributed by atoms with Gasteiger partial charge in [0, 0.05) is 25.6 Å². The van der Waals surface area contributed by atoms with Gasteiger partial charge in [0.15, 0.2) is 0 Å². The Kier molecular flexibility index (Phi) is 6.58. The average molecular weight is 282 g/mol. The molecule has 1 rings (SSSR count). The summed E-state index contributed by atoms with van der Waals surface area (Å²) in [4.78, 5) is 11.4. The van der Waals surface area contributed by atoms with Gasteiger partial charge >= 0.3 is 6.09 Å². The average Bonchev–Trinajstić information content (AvgIpc) is 2.83. The van der Waals surface area contributed by atoms with Crippen LogP contribution in [0.4, 0.5) is 4.79 Å². The van der Waals surface area contributed by atoms with E-state index in [1.54, 1.807) is 6.26 Å². The van der Waals surface area contributed by atoms with Gasteiger partial charge in [-0.2, -0.15) is 0 Å². The maximum atomic E-state index is 11.4. The minimum atomic E-state index is -0.451. The minimum absolute atomic E-state index is 0.373. The first-order valence-corrected chi connectivity index (χ1v) is 7.09. The topological polar surface area (TPSA) is 63.5 Å². The summed E-state index contributed by atoms with van der Waals surface area (Å²) in [5.41, 5.74) is -0.451. The molecule has 5 nitrogen and oxygen atoms in total. The third kappa shape index (κ3) is 7.84. The fourth-order valence-corrected chi connectivity index (χ4v) is 1.71. The van der Waals surface area contributed by atoms with Crippen LogP contribution in [0.5, 0.6) is 0 Å². The standard InChI is InChI=1S/C15H26N2O3/c1-12(7-8-13-6-5-11-19-13)16-9-10-17-14(18)20-15(2,3)4/h5-6,11-12,16H,7-10H2,1-4H3,(H,17,18). The van der Waals surface area contributed by atoms with Crippen molar-refractivity contribution >= 4 is 6.09 Å². The number of hydrogen-bond acceptors (Lipinski definition) is 4. The van der Waals surface area contributed by atoms with E-state index < -0.39 is 5.60 Å². The number of furan rings is 1. The molecule has 0 aromatic carbocycles. The zero-order valence-electron chi connectivity index (χ0n) is 12.9. The number of rotatable bonds is 7. The van der Waals surface area contributed by atoms with Gasteiger partial charge in [-0.25, -0.2) is 4.79 Å². The van der Waals surface area contributed by atoms with Gasteiger partial charge in [0.2, 0.25) is 0 Å². The smallest absolute Gasteiger partial charge is 0.407 e. The van der Waals surface area contributed by atoms with E-state index >= 15 is 0 Å². The first kappa shape index (κ1) is 16.6. The summed E-state index contributed by atoms with van der Waals surface area (Å²) in [7, 11) is 0. The van der Waals surface area contributed by atoms with Crippen LogP contribution in [0.15, 0.2) is 22.8 Å². The van der Waals surface area contributed by atoms with Crippen molar-refractivity contribution in [1.29, 1.82) is 0 Å². The molecule has 1 aromatic heterocycles. The van der Waals surface area contributed by atoms with Gasteiger partial charge in [0.05, 0.1) is 6.26 Å². The summed E-state index contributed by atoms with van der Waals surface area (Å²) in [6, 6.07) is 4.26. The van der Waals surface area contributed by atoms with Gasteiger partial charge in [0.25, 0.3) is 0 Å². The highest BCUT2D eigenvalue weighted by atomic mass is 16.6. The van der Waals surface area contributed by atoms with E-state index in [0.29, 0.717) is 12.6 Å². The predicted molar refractivity (Wildman–Crippen MR) is 78.7 cm³/mol. The molecule has 5 heteroatoms. The highest BCUT2D eigenvalue weighted by Gasteiger charge is 2.15. The summed E-state index contributed by atoms with van der Waals surface area (Å²) in [6.45, 7) is 8.94. The molecule has 0 aliphatic carbocycles. The number of aryl methyl sites for hydroxylation is 1. The molecule has 0 aliphatic heterocycles. The summed E-state index contributed by atoms with van der Waals surface area (Å²) in [5.74, 6) is 1.01. The van der Waals surface area contributed by atoms with Crippen LogP contribution in [0.2, 0.25) is 0 Å². The fraction of sp³-hybridized carbons (Fsp3) is 0.667. The maximum absolute atomic E-state index is 11.4. The molecule has 1 unspecified atom stereocenters. The lowest BCUT2D eigenvalue weighted by Gasteiger charge is -2.20. The minimum Gasteiger partial charge on any atom is -0.469 e. The second kappa shape index (κ2) is 7.94. The Bertz CT molecular complexity index is 382. The predicted octanol–water partition coefficient (Wildman–Crippen LogP) is 2.72. The Morgan fingerprint density at radius 1 is 1.40 bits per heavy atom. The Labute approximate surface area is 121 Å². The van der Waals surface area contributed by atoms with Crippen LogP contribution in [0.25, 0.3) is 0 Å². The lowest BCUT2D eigenvalue weighted by molar-refractivity contribution is 0.0528. The monoisotopic (exact) mass is 282 g/mol. The van der Waals surface area contributed by atoms with Gasteiger partial charge in [-0.1, -0.05) is 0 Å². The first-order chi connectivity index (χ1) is 9.37. The van der Waals surface area contributed by atoms with Crippen LogP contribution in [-0.4, -0.2) is 30.8 Å². The van der Waals surface area contributed by atoms with Gasteiger partial charge in [-0.3, -0.25) is 0 Å². The van der Waals surface area contributed by atoms with Gasteiger partial charge in [-0.05, 0) is 46.2 Å². The highest BCUT2D eigenvalue weighted by Crippen LogP contribution is 2.06. The number of nitrogens with one attached hydrogen (secondary N) is 2. The molecule has 20 heavy (non-hydrogen) atoms. The SMILES string of the molecule is CC(CCc1ccco1)NCCNC(=O)OC(C)(C)C. The number of amides is 1. The van der Waals surface area contributed by atoms with E-state index in [9.17, 15) is 4.79 Å². The highest BCUT2D eigenvalue weighted by molar-refractivity contribution is 5.67. The van der Waals surface area contributed by atoms with Gasteiger partial charge in [-0.15, -0.1) is 0 Å². The molecule has 0 aliphatic rings. The van der Waals surface area contributed by atoms with Crippen LogP contribution in [-0.2, 0) is 11.2 Å². The number of carbonyl (C=O) groups is 1. The molecule has 1 aromatic rings. The second-order valence-corrected chi connectivity index (χ2v) is 5.90. The van der Waals surface area contributed by atoms with Crippen LogP contribution in [0.3, 0.4) is 0 Å². The zero-order valence-corrected chi connectivity index (χ0v) is 12.9. The Morgan fingerprint density at radius 3 is 2.75 bits per heavy atom. The largest absolute Gasteiger partial charge is 0.469 e. The van der Waals surface area contributed by atoms with Crippen molar-refractivity contribution in [2.45, 2.75) is 52.2 Å². The fourth-order valence-electron chi connectivity index (χ4n) is 1.71. The van der Waals surface area contributed by atoms with Crippen molar-refractivity contribution in [3.05, 3.63) is 24.2 Å². The maximum Gasteiger partial charge on any atom is 0.407 e. The molecular weight excluding hydrogens is 256 g/mol. The van der Waals surface area contributed by atoms with Crippen molar-refractivity contribution in [3.8, 4) is 0 Å². The lowest BCUT2D eigenvalue weighted by Crippen LogP contribution is -2.38. The number of carbonyl (C=O) groups excluding carboxylic acids is 1. The van der Waals surface area contributed by atoms with E-state index in [1.165, 1.54) is 0 Å². The molecule has 0 saturated heterocycles.